The van der Waals surface area contributed by atoms with Gasteiger partial charge in [-0.05, 0) is 83.5 Å². The van der Waals surface area contributed by atoms with Gasteiger partial charge in [-0.2, -0.15) is 0 Å². The lowest BCUT2D eigenvalue weighted by Gasteiger charge is -2.18. The third kappa shape index (κ3) is 50.0. The summed E-state index contributed by atoms with van der Waals surface area (Å²) in [7, 11) is 0. The highest BCUT2D eigenvalue weighted by atomic mass is 16.6. The number of ether oxygens (including phenoxy) is 3. The molecule has 0 bridgehead atoms. The SMILES string of the molecule is CC/C=C/C=C/C=C/C=C/C=C/C=C/CCCCCC(=O)OC(COC(=O)CCCCCCC/C=C/C=C/C=C/C=C/CCCCC)COC(=O)CCCCCCC/C=C/C=C/C=C/CC. The van der Waals surface area contributed by atoms with E-state index in [1.54, 1.807) is 0 Å². The fourth-order valence-corrected chi connectivity index (χ4v) is 6.25. The molecule has 0 aromatic carbocycles. The van der Waals surface area contributed by atoms with Crippen molar-refractivity contribution in [3.63, 3.8) is 0 Å². The van der Waals surface area contributed by atoms with E-state index >= 15 is 0 Å². The van der Waals surface area contributed by atoms with E-state index in [1.807, 2.05) is 66.8 Å². The Morgan fingerprint density at radius 1 is 0.318 bits per heavy atom. The predicted molar refractivity (Wildman–Crippen MR) is 283 cm³/mol. The van der Waals surface area contributed by atoms with Gasteiger partial charge in [-0.15, -0.1) is 0 Å². The van der Waals surface area contributed by atoms with Gasteiger partial charge >= 0.3 is 17.9 Å². The number of carbonyl (C=O) groups excluding carboxylic acids is 3. The van der Waals surface area contributed by atoms with E-state index in [1.165, 1.54) is 19.3 Å². The third-order valence-electron chi connectivity index (χ3n) is 10.1. The van der Waals surface area contributed by atoms with E-state index < -0.39 is 6.10 Å². The van der Waals surface area contributed by atoms with E-state index in [-0.39, 0.29) is 37.5 Å². The Balaban J connectivity index is 4.60. The summed E-state index contributed by atoms with van der Waals surface area (Å²) in [4.78, 5) is 38.0. The van der Waals surface area contributed by atoms with Crippen LogP contribution >= 0.6 is 0 Å². The second kappa shape index (κ2) is 52.7. The molecule has 0 aromatic heterocycles. The molecule has 0 fully saturated rings. The second-order valence-corrected chi connectivity index (χ2v) is 16.3. The zero-order chi connectivity index (χ0) is 47.9. The summed E-state index contributed by atoms with van der Waals surface area (Å²) in [5, 5.41) is 0. The lowest BCUT2D eigenvalue weighted by atomic mass is 10.1. The predicted octanol–water partition coefficient (Wildman–Crippen LogP) is 17.0. The van der Waals surface area contributed by atoms with Crippen LogP contribution in [0.4, 0.5) is 0 Å². The zero-order valence-electron chi connectivity index (χ0n) is 41.6. The van der Waals surface area contributed by atoms with Crippen molar-refractivity contribution in [3.05, 3.63) is 158 Å². The number of carbonyl (C=O) groups is 3. The Hall–Kier alpha value is -4.97. The standard InChI is InChI=1S/C60H90O6/c1-4-7-10-13-16-19-22-25-27-29-31-32-35-38-41-44-47-50-53-59(62)65-56-57(55-64-58(61)52-49-46-43-40-37-34-24-21-18-15-12-9-6-3)66-60(63)54-51-48-45-42-39-36-33-30-28-26-23-20-17-14-11-8-5-2/h8-9,11-12,14-33,36,39,57H,4-7,10,13,34-35,37-38,40-56H2,1-3H3/b11-8+,12-9+,17-14+,18-15+,19-16+,23-20+,24-21+,25-22+,28-26+,29-27+,32-31+,33-30+,39-36+. The minimum Gasteiger partial charge on any atom is -0.462 e. The maximum absolute atomic E-state index is 12.8. The van der Waals surface area contributed by atoms with Crippen LogP contribution < -0.4 is 0 Å². The molecule has 0 saturated heterocycles. The second-order valence-electron chi connectivity index (χ2n) is 16.3. The first kappa shape index (κ1) is 61.0. The Kier molecular flexibility index (Phi) is 48.7. The molecule has 0 aliphatic heterocycles. The maximum atomic E-state index is 12.8. The summed E-state index contributed by atoms with van der Waals surface area (Å²) in [6.07, 6.45) is 76.4. The van der Waals surface area contributed by atoms with Gasteiger partial charge in [0.25, 0.3) is 0 Å². The molecule has 0 heterocycles. The van der Waals surface area contributed by atoms with Gasteiger partial charge in [0, 0.05) is 19.3 Å². The summed E-state index contributed by atoms with van der Waals surface area (Å²) in [6, 6.07) is 0. The molecule has 0 amide bonds. The highest BCUT2D eigenvalue weighted by molar-refractivity contribution is 5.71. The molecule has 0 N–H and O–H groups in total. The molecule has 0 aliphatic rings. The Labute approximate surface area is 403 Å². The molecule has 0 radical (unpaired) electrons. The molecular weight excluding hydrogens is 817 g/mol. The van der Waals surface area contributed by atoms with E-state index in [0.29, 0.717) is 19.3 Å². The van der Waals surface area contributed by atoms with Gasteiger partial charge in [0.2, 0.25) is 0 Å². The van der Waals surface area contributed by atoms with Gasteiger partial charge in [-0.25, -0.2) is 0 Å². The summed E-state index contributed by atoms with van der Waals surface area (Å²) >= 11 is 0. The van der Waals surface area contributed by atoms with Crippen molar-refractivity contribution in [2.24, 2.45) is 0 Å². The molecule has 66 heavy (non-hydrogen) atoms. The topological polar surface area (TPSA) is 78.9 Å². The van der Waals surface area contributed by atoms with Crippen molar-refractivity contribution in [1.29, 1.82) is 0 Å². The van der Waals surface area contributed by atoms with Crippen LogP contribution in [-0.4, -0.2) is 37.2 Å². The lowest BCUT2D eigenvalue weighted by Crippen LogP contribution is -2.30. The van der Waals surface area contributed by atoms with Crippen LogP contribution in [0.1, 0.15) is 181 Å². The van der Waals surface area contributed by atoms with E-state index in [9.17, 15) is 14.4 Å². The average molecular weight is 907 g/mol. The summed E-state index contributed by atoms with van der Waals surface area (Å²) in [5.41, 5.74) is 0. The average Bonchev–Trinajstić information content (AvgIpc) is 3.31. The maximum Gasteiger partial charge on any atom is 0.306 e. The van der Waals surface area contributed by atoms with E-state index in [2.05, 4.69) is 112 Å². The van der Waals surface area contributed by atoms with Crippen molar-refractivity contribution in [2.45, 2.75) is 187 Å². The number of esters is 3. The Morgan fingerprint density at radius 2 is 0.591 bits per heavy atom. The van der Waals surface area contributed by atoms with Crippen molar-refractivity contribution >= 4 is 17.9 Å². The van der Waals surface area contributed by atoms with Gasteiger partial charge in [0.05, 0.1) is 0 Å². The third-order valence-corrected chi connectivity index (χ3v) is 10.1. The number of rotatable bonds is 43. The molecule has 6 heteroatoms. The monoisotopic (exact) mass is 907 g/mol. The number of unbranched alkanes of at least 4 members (excludes halogenated alkanes) is 16. The van der Waals surface area contributed by atoms with Crippen LogP contribution in [0.5, 0.6) is 0 Å². The lowest BCUT2D eigenvalue weighted by molar-refractivity contribution is -0.167. The highest BCUT2D eigenvalue weighted by Gasteiger charge is 2.19. The minimum absolute atomic E-state index is 0.123. The molecule has 0 rings (SSSR count). The fraction of sp³-hybridized carbons (Fsp3) is 0.517. The minimum atomic E-state index is -0.828. The van der Waals surface area contributed by atoms with Crippen molar-refractivity contribution < 1.29 is 28.6 Å². The van der Waals surface area contributed by atoms with Crippen LogP contribution in [-0.2, 0) is 28.6 Å². The van der Waals surface area contributed by atoms with Crippen LogP contribution in [0, 0.1) is 0 Å². The summed E-state index contributed by atoms with van der Waals surface area (Å²) in [6.45, 7) is 6.21. The van der Waals surface area contributed by atoms with Crippen LogP contribution in [0.2, 0.25) is 0 Å². The normalized spacial score (nSPS) is 13.4. The van der Waals surface area contributed by atoms with Gasteiger partial charge in [-0.3, -0.25) is 14.4 Å². The molecule has 0 aliphatic carbocycles. The van der Waals surface area contributed by atoms with Crippen molar-refractivity contribution in [3.8, 4) is 0 Å². The quantitative estimate of drug-likeness (QED) is 0.0262. The smallest absolute Gasteiger partial charge is 0.306 e. The van der Waals surface area contributed by atoms with Crippen molar-refractivity contribution in [1.82, 2.24) is 0 Å². The summed E-state index contributed by atoms with van der Waals surface area (Å²) < 4.78 is 16.7. The van der Waals surface area contributed by atoms with Crippen LogP contribution in [0.15, 0.2) is 158 Å². The van der Waals surface area contributed by atoms with Crippen LogP contribution in [0.3, 0.4) is 0 Å². The largest absolute Gasteiger partial charge is 0.462 e. The molecule has 0 spiro atoms. The van der Waals surface area contributed by atoms with E-state index in [4.69, 9.17) is 14.2 Å². The first-order chi connectivity index (χ1) is 32.5. The molecule has 6 nitrogen and oxygen atoms in total. The van der Waals surface area contributed by atoms with Gasteiger partial charge in [-0.1, -0.05) is 237 Å². The molecule has 0 aromatic rings. The molecule has 1 unspecified atom stereocenters. The van der Waals surface area contributed by atoms with Crippen LogP contribution in [0.25, 0.3) is 0 Å². The van der Waals surface area contributed by atoms with Gasteiger partial charge in [0.15, 0.2) is 6.10 Å². The highest BCUT2D eigenvalue weighted by Crippen LogP contribution is 2.12. The van der Waals surface area contributed by atoms with E-state index in [0.717, 1.165) is 116 Å². The number of allylic oxidation sites excluding steroid dienone is 26. The first-order valence-electron chi connectivity index (χ1n) is 25.7. The molecular formula is C60H90O6. The Bertz CT molecular complexity index is 1560. The summed E-state index contributed by atoms with van der Waals surface area (Å²) in [5.74, 6) is -1.02. The molecule has 1 atom stereocenters. The number of hydrogen-bond donors (Lipinski definition) is 0. The first-order valence-corrected chi connectivity index (χ1v) is 25.7. The van der Waals surface area contributed by atoms with Gasteiger partial charge in [0.1, 0.15) is 13.2 Å². The zero-order valence-corrected chi connectivity index (χ0v) is 41.6. The fourth-order valence-electron chi connectivity index (χ4n) is 6.25. The molecule has 0 saturated carbocycles. The van der Waals surface area contributed by atoms with Crippen molar-refractivity contribution in [2.75, 3.05) is 13.2 Å². The molecule has 366 valence electrons. The van der Waals surface area contributed by atoms with Gasteiger partial charge < -0.3 is 14.2 Å². The number of hydrogen-bond acceptors (Lipinski definition) is 6. The Morgan fingerprint density at radius 3 is 0.939 bits per heavy atom.